The number of carbonyl (C=O) groups excluding carboxylic acids is 2. The van der Waals surface area contributed by atoms with Gasteiger partial charge in [0.1, 0.15) is 17.5 Å². The van der Waals surface area contributed by atoms with Crippen LogP contribution in [0.3, 0.4) is 0 Å². The van der Waals surface area contributed by atoms with Crippen molar-refractivity contribution in [1.29, 1.82) is 5.41 Å². The van der Waals surface area contributed by atoms with Gasteiger partial charge in [0.15, 0.2) is 5.96 Å². The van der Waals surface area contributed by atoms with E-state index >= 15 is 0 Å². The number of nitrogens with zero attached hydrogens (tertiary/aromatic N) is 1. The van der Waals surface area contributed by atoms with Crippen LogP contribution >= 0.6 is 0 Å². The third kappa shape index (κ3) is 5.14. The molecule has 38 heavy (non-hydrogen) atoms. The van der Waals surface area contributed by atoms with Gasteiger partial charge in [0, 0.05) is 16.7 Å². The van der Waals surface area contributed by atoms with Crippen LogP contribution in [-0.2, 0) is 4.79 Å². The zero-order valence-corrected chi connectivity index (χ0v) is 23.0. The molecule has 8 nitrogen and oxygen atoms in total. The third-order valence-corrected chi connectivity index (χ3v) is 8.09. The topological polar surface area (TPSA) is 115 Å². The fraction of sp³-hybridized carbons (Fsp3) is 0.500. The van der Waals surface area contributed by atoms with Crippen LogP contribution in [0.2, 0.25) is 0 Å². The average Bonchev–Trinajstić information content (AvgIpc) is 2.90. The Morgan fingerprint density at radius 3 is 2.55 bits per heavy atom. The number of para-hydroxylation sites is 1. The zero-order valence-electron chi connectivity index (χ0n) is 23.0. The van der Waals surface area contributed by atoms with Crippen molar-refractivity contribution in [3.63, 3.8) is 0 Å². The monoisotopic (exact) mass is 520 g/mol. The lowest BCUT2D eigenvalue weighted by Crippen LogP contribution is -2.62. The van der Waals surface area contributed by atoms with Gasteiger partial charge in [0.2, 0.25) is 5.91 Å². The number of hydrogen-bond acceptors (Lipinski definition) is 5. The van der Waals surface area contributed by atoms with E-state index in [1.54, 1.807) is 36.9 Å². The van der Waals surface area contributed by atoms with Crippen molar-refractivity contribution < 1.29 is 19.4 Å². The molecule has 0 aliphatic carbocycles. The minimum atomic E-state index is -0.952. The van der Waals surface area contributed by atoms with Crippen LogP contribution in [0.25, 0.3) is 0 Å². The van der Waals surface area contributed by atoms with Gasteiger partial charge in [-0.3, -0.25) is 19.9 Å². The quantitative estimate of drug-likeness (QED) is 0.397. The predicted octanol–water partition coefficient (Wildman–Crippen LogP) is 4.85. The number of nitrogens with one attached hydrogen (secondary N) is 3. The van der Waals surface area contributed by atoms with E-state index in [9.17, 15) is 14.7 Å². The van der Waals surface area contributed by atoms with Crippen molar-refractivity contribution in [2.45, 2.75) is 96.1 Å². The smallest absolute Gasteiger partial charge is 0.251 e. The summed E-state index contributed by atoms with van der Waals surface area (Å²) in [7, 11) is 0. The summed E-state index contributed by atoms with van der Waals surface area (Å²) in [6.45, 7) is 9.71. The van der Waals surface area contributed by atoms with Crippen LogP contribution in [0.15, 0.2) is 48.5 Å². The number of ether oxygens (including phenoxy) is 1. The third-order valence-electron chi connectivity index (χ3n) is 8.09. The molecule has 2 amide bonds. The van der Waals surface area contributed by atoms with Gasteiger partial charge in [-0.1, -0.05) is 57.5 Å². The van der Waals surface area contributed by atoms with Crippen molar-refractivity contribution in [2.75, 3.05) is 0 Å². The lowest BCUT2D eigenvalue weighted by molar-refractivity contribution is -0.132. The zero-order chi connectivity index (χ0) is 27.7. The molecule has 8 heteroatoms. The Bertz CT molecular complexity index is 1190. The number of amides is 2. The molecule has 0 unspecified atom stereocenters. The van der Waals surface area contributed by atoms with Crippen molar-refractivity contribution in [3.05, 3.63) is 65.2 Å². The van der Waals surface area contributed by atoms with Gasteiger partial charge in [-0.2, -0.15) is 0 Å². The highest BCUT2D eigenvalue weighted by atomic mass is 16.5. The molecule has 2 aromatic rings. The van der Waals surface area contributed by atoms with Crippen molar-refractivity contribution in [3.8, 4) is 5.75 Å². The highest BCUT2D eigenvalue weighted by molar-refractivity contribution is 6.00. The number of aliphatic hydroxyl groups excluding tert-OH is 1. The first-order valence-electron chi connectivity index (χ1n) is 13.6. The lowest BCUT2D eigenvalue weighted by atomic mass is 9.85. The standard InChI is InChI=1S/C30H40N4O4/c1-6-12-22(34-24(35)18-30(7-2,8-3)33-28(34)31)19-13-11-14-20(17-19)27(37)32-25-21-15-9-10-16-23(21)38-29(4,5)26(25)36/h9-11,13-17,22,25-26,36H,6-8,12,18H2,1-5H3,(H2,31,33)(H,32,37)/t22-,25+,26-/m1/s1. The molecular formula is C30H40N4O4. The van der Waals surface area contributed by atoms with Gasteiger partial charge >= 0.3 is 0 Å². The second-order valence-corrected chi connectivity index (χ2v) is 11.0. The van der Waals surface area contributed by atoms with E-state index in [0.717, 1.165) is 30.4 Å². The maximum Gasteiger partial charge on any atom is 0.251 e. The SMILES string of the molecule is CCC[C@H](c1cccc(C(=O)N[C@H]2c3ccccc3OC(C)(C)[C@@H]2O)c1)N1C(=N)NC(CC)(CC)CC1=O. The molecule has 204 valence electrons. The Kier molecular flexibility index (Phi) is 7.83. The van der Waals surface area contributed by atoms with Crippen LogP contribution in [0.4, 0.5) is 0 Å². The first-order chi connectivity index (χ1) is 18.1. The molecule has 3 atom stereocenters. The van der Waals surface area contributed by atoms with E-state index in [-0.39, 0.29) is 23.8 Å². The van der Waals surface area contributed by atoms with Crippen LogP contribution in [0.1, 0.15) is 100 Å². The molecule has 1 fully saturated rings. The maximum atomic E-state index is 13.5. The molecule has 2 aliphatic rings. The molecule has 1 saturated heterocycles. The molecule has 4 N–H and O–H groups in total. The largest absolute Gasteiger partial charge is 0.485 e. The second-order valence-electron chi connectivity index (χ2n) is 11.0. The summed E-state index contributed by atoms with van der Waals surface area (Å²) in [5, 5.41) is 26.1. The first-order valence-corrected chi connectivity index (χ1v) is 13.6. The summed E-state index contributed by atoms with van der Waals surface area (Å²) in [5.74, 6) is 0.347. The Morgan fingerprint density at radius 2 is 1.89 bits per heavy atom. The van der Waals surface area contributed by atoms with E-state index < -0.39 is 23.3 Å². The average molecular weight is 521 g/mol. The van der Waals surface area contributed by atoms with E-state index in [0.29, 0.717) is 24.2 Å². The Morgan fingerprint density at radius 1 is 1.18 bits per heavy atom. The van der Waals surface area contributed by atoms with Crippen molar-refractivity contribution in [2.24, 2.45) is 0 Å². The molecule has 2 aliphatic heterocycles. The van der Waals surface area contributed by atoms with Crippen LogP contribution < -0.4 is 15.4 Å². The van der Waals surface area contributed by atoms with Crippen molar-refractivity contribution in [1.82, 2.24) is 15.5 Å². The molecule has 0 saturated carbocycles. The summed E-state index contributed by atoms with van der Waals surface area (Å²) >= 11 is 0. The van der Waals surface area contributed by atoms with Gasteiger partial charge in [-0.05, 0) is 56.9 Å². The first kappa shape index (κ1) is 27.6. The highest BCUT2D eigenvalue weighted by Gasteiger charge is 2.44. The normalized spacial score (nSPS) is 22.6. The minimum absolute atomic E-state index is 0.0741. The van der Waals surface area contributed by atoms with E-state index in [1.165, 1.54) is 0 Å². The number of rotatable bonds is 8. The summed E-state index contributed by atoms with van der Waals surface area (Å²) < 4.78 is 5.98. The number of fused-ring (bicyclic) bond motifs is 1. The van der Waals surface area contributed by atoms with Crippen LogP contribution in [0, 0.1) is 5.41 Å². The summed E-state index contributed by atoms with van der Waals surface area (Å²) in [4.78, 5) is 28.4. The van der Waals surface area contributed by atoms with Gasteiger partial charge in [-0.15, -0.1) is 0 Å². The van der Waals surface area contributed by atoms with Gasteiger partial charge in [0.05, 0.1) is 18.5 Å². The Balaban J connectivity index is 1.61. The van der Waals surface area contributed by atoms with E-state index in [2.05, 4.69) is 10.6 Å². The fourth-order valence-corrected chi connectivity index (χ4v) is 5.59. The van der Waals surface area contributed by atoms with Crippen LogP contribution in [-0.4, -0.2) is 45.0 Å². The van der Waals surface area contributed by atoms with E-state index in [4.69, 9.17) is 10.1 Å². The fourth-order valence-electron chi connectivity index (χ4n) is 5.59. The Hall–Kier alpha value is -3.39. The highest BCUT2D eigenvalue weighted by Crippen LogP contribution is 2.40. The number of carbonyl (C=O) groups is 2. The molecule has 0 radical (unpaired) electrons. The molecule has 4 rings (SSSR count). The number of aliphatic hydroxyl groups is 1. The van der Waals surface area contributed by atoms with Crippen molar-refractivity contribution >= 4 is 17.8 Å². The molecule has 2 aromatic carbocycles. The second kappa shape index (κ2) is 10.8. The minimum Gasteiger partial charge on any atom is -0.485 e. The summed E-state index contributed by atoms with van der Waals surface area (Å²) in [6, 6.07) is 13.6. The molecule has 2 heterocycles. The predicted molar refractivity (Wildman–Crippen MR) is 147 cm³/mol. The molecule has 0 aromatic heterocycles. The van der Waals surface area contributed by atoms with E-state index in [1.807, 2.05) is 51.1 Å². The summed E-state index contributed by atoms with van der Waals surface area (Å²) in [5.41, 5.74) is 0.680. The number of guanidine groups is 1. The Labute approximate surface area is 225 Å². The number of benzene rings is 2. The van der Waals surface area contributed by atoms with Gasteiger partial charge < -0.3 is 20.5 Å². The molecule has 0 spiro atoms. The maximum absolute atomic E-state index is 13.5. The van der Waals surface area contributed by atoms with Gasteiger partial charge in [-0.25, -0.2) is 0 Å². The lowest BCUT2D eigenvalue weighted by Gasteiger charge is -2.45. The molecule has 0 bridgehead atoms. The molecular weight excluding hydrogens is 480 g/mol. The van der Waals surface area contributed by atoms with Crippen LogP contribution in [0.5, 0.6) is 5.75 Å². The number of hydrogen-bond donors (Lipinski definition) is 4. The van der Waals surface area contributed by atoms with Gasteiger partial charge in [0.25, 0.3) is 5.91 Å². The summed E-state index contributed by atoms with van der Waals surface area (Å²) in [6.07, 6.45) is 2.37.